The van der Waals surface area contributed by atoms with Crippen LogP contribution in [-0.2, 0) is 4.79 Å². The maximum atomic E-state index is 11.4. The second-order valence-electron chi connectivity index (χ2n) is 4.66. The molecule has 6 nitrogen and oxygen atoms in total. The van der Waals surface area contributed by atoms with Crippen LogP contribution < -0.4 is 10.6 Å². The van der Waals surface area contributed by atoms with E-state index in [9.17, 15) is 14.9 Å². The molecule has 0 heterocycles. The standard InChI is InChI=1S/C13H19N3O3/c1-9(2)15-13(17)6-7-14-11-4-5-12(16(18)19)10(3)8-11/h4-5,8-9,14H,6-7H2,1-3H3,(H,15,17). The van der Waals surface area contributed by atoms with Crippen LogP contribution in [0.15, 0.2) is 18.2 Å². The lowest BCUT2D eigenvalue weighted by Gasteiger charge is -2.10. The average molecular weight is 265 g/mol. The van der Waals surface area contributed by atoms with E-state index in [0.717, 1.165) is 5.69 Å². The fourth-order valence-corrected chi connectivity index (χ4v) is 1.68. The predicted octanol–water partition coefficient (Wildman–Crippen LogP) is 2.23. The number of nitrogens with one attached hydrogen (secondary N) is 2. The molecule has 0 aliphatic heterocycles. The number of nitro benzene ring substituents is 1. The lowest BCUT2D eigenvalue weighted by Crippen LogP contribution is -2.31. The van der Waals surface area contributed by atoms with Gasteiger partial charge in [-0.3, -0.25) is 14.9 Å². The zero-order chi connectivity index (χ0) is 14.4. The summed E-state index contributed by atoms with van der Waals surface area (Å²) in [6, 6.07) is 4.95. The monoisotopic (exact) mass is 265 g/mol. The summed E-state index contributed by atoms with van der Waals surface area (Å²) >= 11 is 0. The molecule has 0 radical (unpaired) electrons. The minimum absolute atomic E-state index is 0.0128. The van der Waals surface area contributed by atoms with Crippen molar-refractivity contribution < 1.29 is 9.72 Å². The molecule has 0 aliphatic carbocycles. The summed E-state index contributed by atoms with van der Waals surface area (Å²) in [6.45, 7) is 6.00. The van der Waals surface area contributed by atoms with Crippen molar-refractivity contribution in [2.45, 2.75) is 33.2 Å². The van der Waals surface area contributed by atoms with Gasteiger partial charge in [-0.05, 0) is 32.9 Å². The normalized spacial score (nSPS) is 10.3. The Balaban J connectivity index is 2.48. The van der Waals surface area contributed by atoms with Crippen molar-refractivity contribution in [2.75, 3.05) is 11.9 Å². The van der Waals surface area contributed by atoms with E-state index in [1.807, 2.05) is 13.8 Å². The third kappa shape index (κ3) is 4.95. The maximum absolute atomic E-state index is 11.4. The number of nitrogens with zero attached hydrogens (tertiary/aromatic N) is 1. The maximum Gasteiger partial charge on any atom is 0.272 e. The van der Waals surface area contributed by atoms with Crippen molar-refractivity contribution in [3.05, 3.63) is 33.9 Å². The Labute approximate surface area is 112 Å². The van der Waals surface area contributed by atoms with Gasteiger partial charge in [0, 0.05) is 36.3 Å². The minimum Gasteiger partial charge on any atom is -0.385 e. The molecule has 104 valence electrons. The second-order valence-corrected chi connectivity index (χ2v) is 4.66. The molecule has 0 saturated heterocycles. The zero-order valence-electron chi connectivity index (χ0n) is 11.4. The molecule has 0 aromatic heterocycles. The summed E-state index contributed by atoms with van der Waals surface area (Å²) in [5.74, 6) is -0.0128. The number of carbonyl (C=O) groups is 1. The molecule has 0 saturated carbocycles. The van der Waals surface area contributed by atoms with E-state index in [2.05, 4.69) is 10.6 Å². The van der Waals surface area contributed by atoms with Gasteiger partial charge in [0.1, 0.15) is 0 Å². The quantitative estimate of drug-likeness (QED) is 0.610. The number of anilines is 1. The van der Waals surface area contributed by atoms with Crippen molar-refractivity contribution in [1.29, 1.82) is 0 Å². The first-order chi connectivity index (χ1) is 8.90. The molecular formula is C13H19N3O3. The summed E-state index contributed by atoms with van der Waals surface area (Å²) in [5, 5.41) is 16.5. The van der Waals surface area contributed by atoms with Crippen LogP contribution in [0.5, 0.6) is 0 Å². The van der Waals surface area contributed by atoms with Gasteiger partial charge in [0.2, 0.25) is 5.91 Å². The van der Waals surface area contributed by atoms with Crippen LogP contribution in [0.1, 0.15) is 25.8 Å². The Morgan fingerprint density at radius 2 is 2.11 bits per heavy atom. The molecule has 2 N–H and O–H groups in total. The van der Waals surface area contributed by atoms with Gasteiger partial charge in [-0.2, -0.15) is 0 Å². The Morgan fingerprint density at radius 1 is 1.42 bits per heavy atom. The van der Waals surface area contributed by atoms with Gasteiger partial charge in [0.25, 0.3) is 5.69 Å². The summed E-state index contributed by atoms with van der Waals surface area (Å²) in [4.78, 5) is 21.7. The van der Waals surface area contributed by atoms with Crippen LogP contribution in [0.3, 0.4) is 0 Å². The first-order valence-electron chi connectivity index (χ1n) is 6.18. The van der Waals surface area contributed by atoms with E-state index < -0.39 is 4.92 Å². The molecule has 1 aromatic rings. The summed E-state index contributed by atoms with van der Waals surface area (Å²) in [5.41, 5.74) is 1.48. The van der Waals surface area contributed by atoms with Crippen LogP contribution >= 0.6 is 0 Å². The largest absolute Gasteiger partial charge is 0.385 e. The van der Waals surface area contributed by atoms with Crippen LogP contribution in [-0.4, -0.2) is 23.4 Å². The Hall–Kier alpha value is -2.11. The van der Waals surface area contributed by atoms with E-state index >= 15 is 0 Å². The molecule has 6 heteroatoms. The van der Waals surface area contributed by atoms with Gasteiger partial charge in [-0.1, -0.05) is 0 Å². The average Bonchev–Trinajstić information content (AvgIpc) is 2.27. The molecule has 19 heavy (non-hydrogen) atoms. The highest BCUT2D eigenvalue weighted by Gasteiger charge is 2.10. The molecule has 0 aliphatic rings. The van der Waals surface area contributed by atoms with Crippen LogP contribution in [0.25, 0.3) is 0 Å². The van der Waals surface area contributed by atoms with E-state index in [1.165, 1.54) is 6.07 Å². The number of hydrogen-bond acceptors (Lipinski definition) is 4. The molecule has 0 unspecified atom stereocenters. The molecule has 0 atom stereocenters. The van der Waals surface area contributed by atoms with Crippen molar-refractivity contribution in [3.8, 4) is 0 Å². The molecular weight excluding hydrogens is 246 g/mol. The van der Waals surface area contributed by atoms with Crippen LogP contribution in [0.2, 0.25) is 0 Å². The van der Waals surface area contributed by atoms with Gasteiger partial charge in [-0.15, -0.1) is 0 Å². The number of rotatable bonds is 6. The number of carbonyl (C=O) groups excluding carboxylic acids is 1. The SMILES string of the molecule is Cc1cc(NCCC(=O)NC(C)C)ccc1[N+](=O)[O-]. The lowest BCUT2D eigenvalue weighted by atomic mass is 10.2. The molecule has 0 bridgehead atoms. The van der Waals surface area contributed by atoms with E-state index in [1.54, 1.807) is 19.1 Å². The second kappa shape index (κ2) is 6.72. The fraction of sp³-hybridized carbons (Fsp3) is 0.462. The number of benzene rings is 1. The van der Waals surface area contributed by atoms with Crippen LogP contribution in [0.4, 0.5) is 11.4 Å². The number of aryl methyl sites for hydroxylation is 1. The Bertz CT molecular complexity index is 472. The van der Waals surface area contributed by atoms with E-state index in [4.69, 9.17) is 0 Å². The van der Waals surface area contributed by atoms with Crippen molar-refractivity contribution in [2.24, 2.45) is 0 Å². The number of amides is 1. The van der Waals surface area contributed by atoms with Gasteiger partial charge < -0.3 is 10.6 Å². The molecule has 1 amide bonds. The topological polar surface area (TPSA) is 84.3 Å². The number of hydrogen-bond donors (Lipinski definition) is 2. The van der Waals surface area contributed by atoms with Crippen LogP contribution in [0, 0.1) is 17.0 Å². The molecule has 1 aromatic carbocycles. The van der Waals surface area contributed by atoms with Gasteiger partial charge >= 0.3 is 0 Å². The Kier molecular flexibility index (Phi) is 5.29. The number of nitro groups is 1. The van der Waals surface area contributed by atoms with Gasteiger partial charge in [-0.25, -0.2) is 0 Å². The fourth-order valence-electron chi connectivity index (χ4n) is 1.68. The summed E-state index contributed by atoms with van der Waals surface area (Å²) < 4.78 is 0. The summed E-state index contributed by atoms with van der Waals surface area (Å²) in [7, 11) is 0. The van der Waals surface area contributed by atoms with Crippen molar-refractivity contribution >= 4 is 17.3 Å². The third-order valence-electron chi connectivity index (χ3n) is 2.52. The predicted molar refractivity (Wildman–Crippen MR) is 74.2 cm³/mol. The Morgan fingerprint density at radius 3 is 2.63 bits per heavy atom. The highest BCUT2D eigenvalue weighted by Crippen LogP contribution is 2.21. The van der Waals surface area contributed by atoms with Gasteiger partial charge in [0.05, 0.1) is 4.92 Å². The van der Waals surface area contributed by atoms with Crippen molar-refractivity contribution in [1.82, 2.24) is 5.32 Å². The van der Waals surface area contributed by atoms with E-state index in [-0.39, 0.29) is 17.6 Å². The highest BCUT2D eigenvalue weighted by molar-refractivity contribution is 5.76. The highest BCUT2D eigenvalue weighted by atomic mass is 16.6. The minimum atomic E-state index is -0.408. The first-order valence-corrected chi connectivity index (χ1v) is 6.18. The lowest BCUT2D eigenvalue weighted by molar-refractivity contribution is -0.385. The zero-order valence-corrected chi connectivity index (χ0v) is 11.4. The van der Waals surface area contributed by atoms with E-state index in [0.29, 0.717) is 18.5 Å². The first kappa shape index (κ1) is 14.9. The molecule has 0 spiro atoms. The third-order valence-corrected chi connectivity index (χ3v) is 2.52. The summed E-state index contributed by atoms with van der Waals surface area (Å²) in [6.07, 6.45) is 0.369. The van der Waals surface area contributed by atoms with Crippen molar-refractivity contribution in [3.63, 3.8) is 0 Å². The molecule has 0 fully saturated rings. The smallest absolute Gasteiger partial charge is 0.272 e. The van der Waals surface area contributed by atoms with Gasteiger partial charge in [0.15, 0.2) is 0 Å². The molecule has 1 rings (SSSR count).